The van der Waals surface area contributed by atoms with Crippen molar-refractivity contribution in [3.63, 3.8) is 0 Å². The van der Waals surface area contributed by atoms with E-state index in [9.17, 15) is 14.3 Å². The zero-order valence-electron chi connectivity index (χ0n) is 11.4. The largest absolute Gasteiger partial charge is 0.507 e. The first-order chi connectivity index (χ1) is 8.89. The molecule has 0 heterocycles. The minimum absolute atomic E-state index is 0.0690. The third kappa shape index (κ3) is 3.25. The third-order valence-corrected chi connectivity index (χ3v) is 3.89. The van der Waals surface area contributed by atoms with Crippen LogP contribution in [0.5, 0.6) is 5.75 Å². The van der Waals surface area contributed by atoms with Gasteiger partial charge in [0.25, 0.3) is 5.91 Å². The van der Waals surface area contributed by atoms with Gasteiger partial charge in [-0.1, -0.05) is 19.9 Å². The van der Waals surface area contributed by atoms with Gasteiger partial charge in [0, 0.05) is 6.04 Å². The van der Waals surface area contributed by atoms with Crippen LogP contribution in [0.2, 0.25) is 0 Å². The molecule has 0 spiro atoms. The Morgan fingerprint density at radius 3 is 2.58 bits per heavy atom. The molecule has 1 fully saturated rings. The number of hydrogen-bond acceptors (Lipinski definition) is 2. The highest BCUT2D eigenvalue weighted by Gasteiger charge is 2.28. The maximum absolute atomic E-state index is 13.6. The number of nitrogens with one attached hydrogen (secondary N) is 1. The number of halogens is 1. The van der Waals surface area contributed by atoms with E-state index in [1.807, 2.05) is 0 Å². The number of rotatable bonds is 2. The van der Waals surface area contributed by atoms with Gasteiger partial charge in [0.1, 0.15) is 17.1 Å². The van der Waals surface area contributed by atoms with Crippen molar-refractivity contribution in [3.8, 4) is 5.75 Å². The quantitative estimate of drug-likeness (QED) is 0.862. The van der Waals surface area contributed by atoms with Gasteiger partial charge in [-0.15, -0.1) is 0 Å². The molecule has 0 atom stereocenters. The van der Waals surface area contributed by atoms with E-state index in [0.29, 0.717) is 5.41 Å². The van der Waals surface area contributed by atoms with Gasteiger partial charge >= 0.3 is 0 Å². The lowest BCUT2D eigenvalue weighted by molar-refractivity contribution is 0.0902. The predicted octanol–water partition coefficient (Wildman–Crippen LogP) is 3.23. The van der Waals surface area contributed by atoms with E-state index in [1.54, 1.807) is 0 Å². The van der Waals surface area contributed by atoms with Crippen LogP contribution in [-0.4, -0.2) is 17.1 Å². The number of aromatic hydroxyl groups is 1. The number of hydrogen-bond donors (Lipinski definition) is 2. The second-order valence-corrected chi connectivity index (χ2v) is 6.05. The molecule has 19 heavy (non-hydrogen) atoms. The van der Waals surface area contributed by atoms with Crippen LogP contribution in [0.1, 0.15) is 49.9 Å². The predicted molar refractivity (Wildman–Crippen MR) is 71.6 cm³/mol. The van der Waals surface area contributed by atoms with Crippen LogP contribution < -0.4 is 5.32 Å². The van der Waals surface area contributed by atoms with E-state index in [2.05, 4.69) is 19.2 Å². The van der Waals surface area contributed by atoms with Gasteiger partial charge in [0.2, 0.25) is 0 Å². The minimum atomic E-state index is -0.686. The smallest absolute Gasteiger partial charge is 0.258 e. The highest BCUT2D eigenvalue weighted by molar-refractivity contribution is 5.97. The summed E-state index contributed by atoms with van der Waals surface area (Å²) in [6.45, 7) is 4.43. The van der Waals surface area contributed by atoms with E-state index < -0.39 is 11.7 Å². The van der Waals surface area contributed by atoms with Crippen LogP contribution in [-0.2, 0) is 0 Å². The van der Waals surface area contributed by atoms with Crippen LogP contribution in [0.25, 0.3) is 0 Å². The molecule has 1 aliphatic rings. The standard InChI is InChI=1S/C15H20FNO2/c1-15(2)8-6-10(7-9-15)17-14(19)13-11(16)4-3-5-12(13)18/h3-5,10,18H,6-9H2,1-2H3,(H,17,19). The van der Waals surface area contributed by atoms with E-state index in [-0.39, 0.29) is 17.4 Å². The Balaban J connectivity index is 2.02. The third-order valence-electron chi connectivity index (χ3n) is 3.89. The van der Waals surface area contributed by atoms with Gasteiger partial charge in [0.05, 0.1) is 0 Å². The fourth-order valence-corrected chi connectivity index (χ4v) is 2.54. The van der Waals surface area contributed by atoms with Gasteiger partial charge in [-0.2, -0.15) is 0 Å². The first-order valence-electron chi connectivity index (χ1n) is 6.67. The molecule has 4 heteroatoms. The number of benzene rings is 1. The Morgan fingerprint density at radius 2 is 2.00 bits per heavy atom. The van der Waals surface area contributed by atoms with Gasteiger partial charge in [0.15, 0.2) is 0 Å². The van der Waals surface area contributed by atoms with Crippen molar-refractivity contribution >= 4 is 5.91 Å². The summed E-state index contributed by atoms with van der Waals surface area (Å²) in [5, 5.41) is 12.4. The molecular formula is C15H20FNO2. The fourth-order valence-electron chi connectivity index (χ4n) is 2.54. The van der Waals surface area contributed by atoms with Crippen molar-refractivity contribution in [1.82, 2.24) is 5.32 Å². The van der Waals surface area contributed by atoms with E-state index in [0.717, 1.165) is 25.7 Å². The number of phenolic OH excluding ortho intramolecular Hbond substituents is 1. The van der Waals surface area contributed by atoms with Crippen molar-refractivity contribution in [1.29, 1.82) is 0 Å². The molecule has 1 amide bonds. The summed E-state index contributed by atoms with van der Waals surface area (Å²) >= 11 is 0. The fraction of sp³-hybridized carbons (Fsp3) is 0.533. The number of amides is 1. The van der Waals surface area contributed by atoms with Crippen LogP contribution in [0.4, 0.5) is 4.39 Å². The van der Waals surface area contributed by atoms with Crippen molar-refractivity contribution < 1.29 is 14.3 Å². The normalized spacial score (nSPS) is 19.1. The van der Waals surface area contributed by atoms with E-state index in [4.69, 9.17) is 0 Å². The molecule has 1 aliphatic carbocycles. The second kappa shape index (κ2) is 5.19. The van der Waals surface area contributed by atoms with Crippen molar-refractivity contribution in [2.75, 3.05) is 0 Å². The van der Waals surface area contributed by atoms with E-state index >= 15 is 0 Å². The minimum Gasteiger partial charge on any atom is -0.507 e. The molecule has 0 radical (unpaired) electrons. The zero-order valence-corrected chi connectivity index (χ0v) is 11.4. The molecule has 0 bridgehead atoms. The van der Waals surface area contributed by atoms with Crippen LogP contribution in [0.15, 0.2) is 18.2 Å². The van der Waals surface area contributed by atoms with Gasteiger partial charge in [-0.3, -0.25) is 4.79 Å². The monoisotopic (exact) mass is 265 g/mol. The lowest BCUT2D eigenvalue weighted by Gasteiger charge is -2.34. The summed E-state index contributed by atoms with van der Waals surface area (Å²) in [6.07, 6.45) is 3.88. The lowest BCUT2D eigenvalue weighted by atomic mass is 9.75. The second-order valence-electron chi connectivity index (χ2n) is 6.05. The highest BCUT2D eigenvalue weighted by Crippen LogP contribution is 2.35. The summed E-state index contributed by atoms with van der Waals surface area (Å²) in [4.78, 5) is 12.0. The molecule has 0 saturated heterocycles. The molecule has 1 saturated carbocycles. The molecule has 0 aromatic heterocycles. The number of carbonyl (C=O) groups is 1. The maximum atomic E-state index is 13.6. The molecule has 3 nitrogen and oxygen atoms in total. The van der Waals surface area contributed by atoms with Gasteiger partial charge in [-0.25, -0.2) is 4.39 Å². The van der Waals surface area contributed by atoms with Gasteiger partial charge in [-0.05, 0) is 43.2 Å². The zero-order chi connectivity index (χ0) is 14.0. The summed E-state index contributed by atoms with van der Waals surface area (Å²) < 4.78 is 13.6. The van der Waals surface area contributed by atoms with Crippen molar-refractivity contribution in [3.05, 3.63) is 29.6 Å². The summed E-state index contributed by atoms with van der Waals surface area (Å²) in [7, 11) is 0. The van der Waals surface area contributed by atoms with Crippen LogP contribution >= 0.6 is 0 Å². The maximum Gasteiger partial charge on any atom is 0.258 e. The first kappa shape index (κ1) is 13.8. The van der Waals surface area contributed by atoms with Crippen LogP contribution in [0.3, 0.4) is 0 Å². The van der Waals surface area contributed by atoms with Gasteiger partial charge < -0.3 is 10.4 Å². The topological polar surface area (TPSA) is 49.3 Å². The molecule has 1 aromatic carbocycles. The Kier molecular flexibility index (Phi) is 3.78. The molecule has 0 unspecified atom stereocenters. The van der Waals surface area contributed by atoms with E-state index in [1.165, 1.54) is 18.2 Å². The average molecular weight is 265 g/mol. The molecular weight excluding hydrogens is 245 g/mol. The summed E-state index contributed by atoms with van der Waals surface area (Å²) in [6, 6.07) is 3.95. The Hall–Kier alpha value is -1.58. The van der Waals surface area contributed by atoms with Crippen molar-refractivity contribution in [2.24, 2.45) is 5.41 Å². The molecule has 1 aromatic rings. The average Bonchev–Trinajstić information content (AvgIpc) is 2.32. The van der Waals surface area contributed by atoms with Crippen LogP contribution in [0, 0.1) is 11.2 Å². The number of phenols is 1. The number of carbonyl (C=O) groups excluding carboxylic acids is 1. The molecule has 2 rings (SSSR count). The lowest BCUT2D eigenvalue weighted by Crippen LogP contribution is -2.39. The van der Waals surface area contributed by atoms with Crippen molar-refractivity contribution in [2.45, 2.75) is 45.6 Å². The SMILES string of the molecule is CC1(C)CCC(NC(=O)c2c(O)cccc2F)CC1. The summed E-state index contributed by atoms with van der Waals surface area (Å²) in [5.74, 6) is -1.53. The molecule has 0 aliphatic heterocycles. The Labute approximate surface area is 112 Å². The highest BCUT2D eigenvalue weighted by atomic mass is 19.1. The Bertz CT molecular complexity index is 455. The molecule has 2 N–H and O–H groups in total. The summed E-state index contributed by atoms with van der Waals surface area (Å²) in [5.41, 5.74) is 0.0637. The first-order valence-corrected chi connectivity index (χ1v) is 6.67. The molecule has 104 valence electrons. The Morgan fingerprint density at radius 1 is 1.37 bits per heavy atom.